The molecule has 3 aromatic rings. The molecule has 58 heavy (non-hydrogen) atoms. The molecule has 3 N–H and O–H groups in total. The number of guanidine groups is 1. The molecule has 312 valence electrons. The van der Waals surface area contributed by atoms with Crippen LogP contribution in [0.4, 0.5) is 14.4 Å². The third kappa shape index (κ3) is 13.5. The Morgan fingerprint density at radius 1 is 0.862 bits per heavy atom. The standard InChI is InChI=1S/C45H58ClN5O7/c1-44(2,3)58-42(54)48-38(30-33-20-22-37(46)23-21-33)39(52)50-28-25-45(26-29-50,36-18-11-6-12-19-36)24-13-27-51(43(55)57-32-35-16-9-5-10-17-35)40(47)49-41(53)56-31-34-14-7-4-8-15-34/h4-5,7-10,14-17,20-23,36,38H,6,11-13,18-19,24-32H2,1-3H3,(H,48,54)(H2,47,49,53). The van der Waals surface area contributed by atoms with Gasteiger partial charge in [-0.2, -0.15) is 0 Å². The van der Waals surface area contributed by atoms with Gasteiger partial charge in [-0.15, -0.1) is 4.99 Å². The summed E-state index contributed by atoms with van der Waals surface area (Å²) in [6.07, 6.45) is 6.64. The van der Waals surface area contributed by atoms with Crippen molar-refractivity contribution in [3.05, 3.63) is 107 Å². The number of nitrogens with zero attached hydrogens (tertiary/aromatic N) is 3. The monoisotopic (exact) mass is 815 g/mol. The number of aliphatic imine (C=N–C) groups is 1. The van der Waals surface area contributed by atoms with E-state index in [2.05, 4.69) is 10.3 Å². The zero-order valence-corrected chi connectivity index (χ0v) is 34.8. The molecule has 1 aliphatic carbocycles. The Morgan fingerprint density at radius 3 is 2.03 bits per heavy atom. The number of likely N-dealkylation sites (tertiary alicyclic amines) is 1. The molecule has 12 nitrogen and oxygen atoms in total. The number of amides is 4. The quantitative estimate of drug-likeness (QED) is 0.0985. The molecule has 2 aliphatic rings. The van der Waals surface area contributed by atoms with Gasteiger partial charge < -0.3 is 30.2 Å². The molecule has 13 heteroatoms. The van der Waals surface area contributed by atoms with E-state index in [1.165, 1.54) is 11.3 Å². The summed E-state index contributed by atoms with van der Waals surface area (Å²) in [5, 5.41) is 3.43. The third-order valence-electron chi connectivity index (χ3n) is 11.1. The fourth-order valence-corrected chi connectivity index (χ4v) is 8.19. The Balaban J connectivity index is 1.28. The van der Waals surface area contributed by atoms with Crippen LogP contribution in [0.1, 0.15) is 95.2 Å². The van der Waals surface area contributed by atoms with Crippen LogP contribution in [0.5, 0.6) is 0 Å². The molecule has 0 spiro atoms. The molecule has 1 aliphatic heterocycles. The molecule has 4 amide bonds. The summed E-state index contributed by atoms with van der Waals surface area (Å²) in [6, 6.07) is 25.0. The first-order chi connectivity index (χ1) is 27.8. The molecule has 2 fully saturated rings. The van der Waals surface area contributed by atoms with Gasteiger partial charge in [-0.05, 0) is 99.5 Å². The van der Waals surface area contributed by atoms with Crippen molar-refractivity contribution in [2.24, 2.45) is 22.1 Å². The molecule has 3 aromatic carbocycles. The van der Waals surface area contributed by atoms with E-state index in [4.69, 9.17) is 31.5 Å². The van der Waals surface area contributed by atoms with Crippen LogP contribution < -0.4 is 11.1 Å². The van der Waals surface area contributed by atoms with Gasteiger partial charge in [0.25, 0.3) is 0 Å². The van der Waals surface area contributed by atoms with Crippen molar-refractivity contribution in [3.63, 3.8) is 0 Å². The second-order valence-electron chi connectivity index (χ2n) is 16.4. The number of alkyl carbamates (subject to hydrolysis) is 1. The average Bonchev–Trinajstić information content (AvgIpc) is 3.21. The van der Waals surface area contributed by atoms with Gasteiger partial charge in [0, 0.05) is 31.1 Å². The molecule has 0 radical (unpaired) electrons. The highest BCUT2D eigenvalue weighted by Gasteiger charge is 2.43. The van der Waals surface area contributed by atoms with Gasteiger partial charge in [-0.25, -0.2) is 19.3 Å². The fourth-order valence-electron chi connectivity index (χ4n) is 8.07. The Bertz CT molecular complexity index is 1820. The van der Waals surface area contributed by atoms with Crippen LogP contribution in [0.25, 0.3) is 0 Å². The van der Waals surface area contributed by atoms with E-state index in [-0.39, 0.29) is 37.0 Å². The van der Waals surface area contributed by atoms with E-state index in [0.717, 1.165) is 61.6 Å². The van der Waals surface area contributed by atoms with Crippen LogP contribution in [-0.2, 0) is 38.6 Å². The maximum atomic E-state index is 14.2. The fraction of sp³-hybridized carbons (Fsp3) is 0.489. The molecular formula is C45H58ClN5O7. The Hall–Kier alpha value is -5.10. The SMILES string of the molecule is CC(C)(C)OC(=O)NC(Cc1ccc(Cl)cc1)C(=O)N1CCC(CCCN(C(=O)OCc2ccccc2)/C(N)=N/C(=O)OCc2ccccc2)(C2CCCCC2)CC1. The number of rotatable bonds is 13. The van der Waals surface area contributed by atoms with Crippen molar-refractivity contribution in [3.8, 4) is 0 Å². The van der Waals surface area contributed by atoms with Crippen LogP contribution in [0, 0.1) is 11.3 Å². The molecular weight excluding hydrogens is 758 g/mol. The summed E-state index contributed by atoms with van der Waals surface area (Å²) in [6.45, 7) is 6.63. The van der Waals surface area contributed by atoms with E-state index >= 15 is 0 Å². The molecule has 1 heterocycles. The van der Waals surface area contributed by atoms with E-state index < -0.39 is 29.9 Å². The number of hydrogen-bond acceptors (Lipinski definition) is 7. The van der Waals surface area contributed by atoms with Crippen molar-refractivity contribution >= 4 is 41.7 Å². The van der Waals surface area contributed by atoms with Gasteiger partial charge in [0.15, 0.2) is 0 Å². The van der Waals surface area contributed by atoms with Gasteiger partial charge in [0.2, 0.25) is 11.9 Å². The number of nitrogens with one attached hydrogen (secondary N) is 1. The van der Waals surface area contributed by atoms with Gasteiger partial charge in [-0.3, -0.25) is 4.79 Å². The summed E-state index contributed by atoms with van der Waals surface area (Å²) in [7, 11) is 0. The Labute approximate surface area is 347 Å². The van der Waals surface area contributed by atoms with Crippen molar-refractivity contribution in [2.45, 2.75) is 110 Å². The van der Waals surface area contributed by atoms with Gasteiger partial charge in [0.1, 0.15) is 24.9 Å². The van der Waals surface area contributed by atoms with E-state index in [1.54, 1.807) is 32.9 Å². The van der Waals surface area contributed by atoms with Crippen LogP contribution in [0.3, 0.4) is 0 Å². The number of carbonyl (C=O) groups excluding carboxylic acids is 4. The third-order valence-corrected chi connectivity index (χ3v) is 11.3. The Morgan fingerprint density at radius 2 is 1.45 bits per heavy atom. The van der Waals surface area contributed by atoms with E-state index in [0.29, 0.717) is 36.9 Å². The van der Waals surface area contributed by atoms with Crippen molar-refractivity contribution in [2.75, 3.05) is 19.6 Å². The lowest BCUT2D eigenvalue weighted by Crippen LogP contribution is -2.54. The second-order valence-corrected chi connectivity index (χ2v) is 16.8. The highest BCUT2D eigenvalue weighted by atomic mass is 35.5. The predicted molar refractivity (Wildman–Crippen MR) is 224 cm³/mol. The van der Waals surface area contributed by atoms with Gasteiger partial charge in [0.05, 0.1) is 0 Å². The topological polar surface area (TPSA) is 153 Å². The first-order valence-electron chi connectivity index (χ1n) is 20.4. The lowest BCUT2D eigenvalue weighted by Gasteiger charge is -2.49. The minimum absolute atomic E-state index is 0.0112. The number of hydrogen-bond donors (Lipinski definition) is 2. The van der Waals surface area contributed by atoms with Crippen molar-refractivity contribution in [1.82, 2.24) is 15.1 Å². The summed E-state index contributed by atoms with van der Waals surface area (Å²) in [4.78, 5) is 60.4. The summed E-state index contributed by atoms with van der Waals surface area (Å²) < 4.78 is 16.5. The second kappa shape index (κ2) is 21.1. The molecule has 1 unspecified atom stereocenters. The largest absolute Gasteiger partial charge is 0.444 e. The zero-order valence-electron chi connectivity index (χ0n) is 34.0. The minimum Gasteiger partial charge on any atom is -0.444 e. The number of benzene rings is 3. The molecule has 0 aromatic heterocycles. The summed E-state index contributed by atoms with van der Waals surface area (Å²) in [5.41, 5.74) is 8.01. The first kappa shape index (κ1) is 44.0. The van der Waals surface area contributed by atoms with Crippen LogP contribution in [0.2, 0.25) is 5.02 Å². The highest BCUT2D eigenvalue weighted by molar-refractivity contribution is 6.30. The molecule has 1 saturated carbocycles. The summed E-state index contributed by atoms with van der Waals surface area (Å²) in [5.74, 6) is 0.00159. The van der Waals surface area contributed by atoms with Crippen molar-refractivity contribution in [1.29, 1.82) is 0 Å². The zero-order chi connectivity index (χ0) is 41.5. The average molecular weight is 816 g/mol. The predicted octanol–water partition coefficient (Wildman–Crippen LogP) is 9.04. The normalized spacial score (nSPS) is 16.5. The number of carbonyl (C=O) groups is 4. The molecule has 0 bridgehead atoms. The minimum atomic E-state index is -0.909. The van der Waals surface area contributed by atoms with Gasteiger partial charge >= 0.3 is 18.3 Å². The van der Waals surface area contributed by atoms with Crippen LogP contribution >= 0.6 is 11.6 Å². The van der Waals surface area contributed by atoms with E-state index in [9.17, 15) is 19.2 Å². The highest BCUT2D eigenvalue weighted by Crippen LogP contribution is 2.49. The van der Waals surface area contributed by atoms with Crippen LogP contribution in [0.15, 0.2) is 89.9 Å². The lowest BCUT2D eigenvalue weighted by molar-refractivity contribution is -0.137. The first-order valence-corrected chi connectivity index (χ1v) is 20.7. The number of piperidine rings is 1. The maximum absolute atomic E-state index is 14.2. The number of nitrogens with two attached hydrogens (primary N) is 1. The molecule has 5 rings (SSSR count). The smallest absolute Gasteiger partial charge is 0.437 e. The van der Waals surface area contributed by atoms with Crippen molar-refractivity contribution < 1.29 is 33.4 Å². The maximum Gasteiger partial charge on any atom is 0.437 e. The summed E-state index contributed by atoms with van der Waals surface area (Å²) >= 11 is 6.13. The lowest BCUT2D eigenvalue weighted by atomic mass is 9.61. The Kier molecular flexibility index (Phi) is 16.0. The number of halogens is 1. The molecule has 1 saturated heterocycles. The number of ether oxygens (including phenoxy) is 3. The molecule has 1 atom stereocenters. The van der Waals surface area contributed by atoms with Crippen LogP contribution in [-0.4, -0.2) is 71.2 Å². The van der Waals surface area contributed by atoms with E-state index in [1.807, 2.05) is 77.7 Å². The van der Waals surface area contributed by atoms with Gasteiger partial charge in [-0.1, -0.05) is 104 Å².